The molecular weight excluding hydrogens is 300 g/mol. The van der Waals surface area contributed by atoms with E-state index in [0.29, 0.717) is 23.2 Å². The minimum absolute atomic E-state index is 0.0566. The molecule has 5 heteroatoms. The largest absolute Gasteiger partial charge is 0.374 e. The Labute approximate surface area is 132 Å². The molecule has 0 N–H and O–H groups in total. The zero-order chi connectivity index (χ0) is 16.0. The summed E-state index contributed by atoms with van der Waals surface area (Å²) in [7, 11) is 0. The van der Waals surface area contributed by atoms with Gasteiger partial charge in [0, 0.05) is 24.2 Å². The average molecular weight is 315 g/mol. The van der Waals surface area contributed by atoms with Crippen LogP contribution in [0, 0.1) is 5.82 Å². The van der Waals surface area contributed by atoms with E-state index in [1.165, 1.54) is 6.07 Å². The van der Waals surface area contributed by atoms with Crippen LogP contribution in [-0.2, 0) is 23.5 Å². The van der Waals surface area contributed by atoms with Gasteiger partial charge in [-0.2, -0.15) is 0 Å². The van der Waals surface area contributed by atoms with Crippen LogP contribution in [0.4, 0.5) is 8.78 Å². The smallest absolute Gasteiger partial charge is 0.254 e. The van der Waals surface area contributed by atoms with Crippen LogP contribution in [0.1, 0.15) is 27.0 Å². The lowest BCUT2D eigenvalue weighted by Gasteiger charge is -2.34. The van der Waals surface area contributed by atoms with E-state index >= 15 is 0 Å². The van der Waals surface area contributed by atoms with Gasteiger partial charge in [-0.3, -0.25) is 4.79 Å². The van der Waals surface area contributed by atoms with Crippen molar-refractivity contribution in [3.8, 4) is 0 Å². The minimum Gasteiger partial charge on any atom is -0.374 e. The second kappa shape index (κ2) is 5.13. The van der Waals surface area contributed by atoms with Crippen molar-refractivity contribution in [3.05, 3.63) is 70.5 Å². The second-order valence-corrected chi connectivity index (χ2v) is 6.07. The van der Waals surface area contributed by atoms with Crippen LogP contribution >= 0.6 is 0 Å². The molecule has 118 valence electrons. The Hall–Kier alpha value is -2.27. The van der Waals surface area contributed by atoms with Gasteiger partial charge in [0.25, 0.3) is 5.91 Å². The van der Waals surface area contributed by atoms with Gasteiger partial charge in [0.1, 0.15) is 5.82 Å². The molecule has 0 spiro atoms. The Kier molecular flexibility index (Phi) is 3.20. The third-order valence-corrected chi connectivity index (χ3v) is 4.52. The molecule has 1 saturated heterocycles. The fourth-order valence-electron chi connectivity index (χ4n) is 3.07. The van der Waals surface area contributed by atoms with Gasteiger partial charge in [0.15, 0.2) is 5.67 Å². The Morgan fingerprint density at radius 1 is 1.09 bits per heavy atom. The molecule has 4 rings (SSSR count). The molecule has 2 heterocycles. The third-order valence-electron chi connectivity index (χ3n) is 4.52. The molecule has 0 radical (unpaired) electrons. The molecule has 23 heavy (non-hydrogen) atoms. The van der Waals surface area contributed by atoms with E-state index in [4.69, 9.17) is 4.74 Å². The minimum atomic E-state index is -1.44. The number of halogens is 2. The maximum atomic E-state index is 14.2. The predicted molar refractivity (Wildman–Crippen MR) is 80.0 cm³/mol. The van der Waals surface area contributed by atoms with Crippen molar-refractivity contribution in [2.75, 3.05) is 13.2 Å². The number of amides is 1. The number of alkyl halides is 1. The summed E-state index contributed by atoms with van der Waals surface area (Å²) >= 11 is 0. The number of hydrogen-bond acceptors (Lipinski definition) is 2. The van der Waals surface area contributed by atoms with Crippen molar-refractivity contribution in [1.29, 1.82) is 0 Å². The highest BCUT2D eigenvalue weighted by Gasteiger charge is 2.40. The molecule has 2 aliphatic heterocycles. The van der Waals surface area contributed by atoms with Crippen LogP contribution in [-0.4, -0.2) is 24.0 Å². The Morgan fingerprint density at radius 3 is 2.43 bits per heavy atom. The fourth-order valence-corrected chi connectivity index (χ4v) is 3.07. The van der Waals surface area contributed by atoms with Crippen LogP contribution in [0.25, 0.3) is 0 Å². The molecule has 1 fully saturated rings. The van der Waals surface area contributed by atoms with Crippen LogP contribution in [0.5, 0.6) is 0 Å². The molecule has 0 bridgehead atoms. The first kappa shape index (κ1) is 14.3. The van der Waals surface area contributed by atoms with Gasteiger partial charge in [0.05, 0.1) is 13.2 Å². The summed E-state index contributed by atoms with van der Waals surface area (Å²) < 4.78 is 32.9. The van der Waals surface area contributed by atoms with Crippen molar-refractivity contribution in [2.45, 2.75) is 18.8 Å². The maximum Gasteiger partial charge on any atom is 0.254 e. The normalized spacial score (nSPS) is 18.4. The van der Waals surface area contributed by atoms with Gasteiger partial charge in [-0.1, -0.05) is 24.3 Å². The quantitative estimate of drug-likeness (QED) is 0.852. The number of hydrogen-bond donors (Lipinski definition) is 0. The van der Waals surface area contributed by atoms with Crippen molar-refractivity contribution < 1.29 is 18.3 Å². The average Bonchev–Trinajstić information content (AvgIpc) is 2.98. The molecule has 0 saturated carbocycles. The zero-order valence-corrected chi connectivity index (χ0v) is 12.4. The van der Waals surface area contributed by atoms with E-state index in [1.807, 2.05) is 6.07 Å². The first-order chi connectivity index (χ1) is 11.1. The number of rotatable bonds is 2. The molecule has 2 aliphatic rings. The van der Waals surface area contributed by atoms with Gasteiger partial charge in [-0.05, 0) is 29.3 Å². The highest BCUT2D eigenvalue weighted by molar-refractivity contribution is 5.94. The summed E-state index contributed by atoms with van der Waals surface area (Å²) in [5, 5.41) is 0. The van der Waals surface area contributed by atoms with E-state index in [9.17, 15) is 13.6 Å². The number of ether oxygens (including phenoxy) is 1. The van der Waals surface area contributed by atoms with Gasteiger partial charge < -0.3 is 9.64 Å². The van der Waals surface area contributed by atoms with E-state index in [1.54, 1.807) is 35.2 Å². The molecule has 2 aromatic carbocycles. The molecule has 1 amide bonds. The van der Waals surface area contributed by atoms with Gasteiger partial charge in [-0.15, -0.1) is 0 Å². The fraction of sp³-hybridized carbons (Fsp3) is 0.278. The summed E-state index contributed by atoms with van der Waals surface area (Å²) in [5.41, 5.74) is 0.979. The Bertz CT molecular complexity index is 769. The van der Waals surface area contributed by atoms with E-state index in [2.05, 4.69) is 0 Å². The van der Waals surface area contributed by atoms with Gasteiger partial charge in [-0.25, -0.2) is 8.78 Å². The second-order valence-electron chi connectivity index (χ2n) is 6.07. The molecule has 0 atom stereocenters. The maximum absolute atomic E-state index is 14.2. The van der Waals surface area contributed by atoms with E-state index in [-0.39, 0.29) is 31.5 Å². The topological polar surface area (TPSA) is 29.5 Å². The van der Waals surface area contributed by atoms with Crippen LogP contribution in [0.2, 0.25) is 0 Å². The summed E-state index contributed by atoms with van der Waals surface area (Å²) in [6.07, 6.45) is 0. The molecule has 0 aromatic heterocycles. The molecule has 0 aliphatic carbocycles. The lowest BCUT2D eigenvalue weighted by Crippen LogP contribution is -2.42. The number of carbonyl (C=O) groups is 1. The van der Waals surface area contributed by atoms with Crippen molar-refractivity contribution in [1.82, 2.24) is 4.90 Å². The Morgan fingerprint density at radius 2 is 1.83 bits per heavy atom. The van der Waals surface area contributed by atoms with Crippen molar-refractivity contribution >= 4 is 5.91 Å². The standard InChI is InChI=1S/C18H15F2NO2/c19-16-3-1-2-13-8-21(9-15(13)16)17(22)12-4-6-14(7-5-12)18(20)10-23-11-18/h1-7H,8-11H2. The summed E-state index contributed by atoms with van der Waals surface area (Å²) in [6.45, 7) is 0.778. The van der Waals surface area contributed by atoms with Gasteiger partial charge in [0.2, 0.25) is 0 Å². The van der Waals surface area contributed by atoms with Crippen molar-refractivity contribution in [3.63, 3.8) is 0 Å². The number of carbonyl (C=O) groups excluding carboxylic acids is 1. The monoisotopic (exact) mass is 315 g/mol. The first-order valence-corrected chi connectivity index (χ1v) is 7.50. The number of benzene rings is 2. The number of nitrogens with zero attached hydrogens (tertiary/aromatic N) is 1. The Balaban J connectivity index is 1.53. The third kappa shape index (κ3) is 2.32. The first-order valence-electron chi connectivity index (χ1n) is 7.50. The van der Waals surface area contributed by atoms with Crippen molar-refractivity contribution in [2.24, 2.45) is 0 Å². The van der Waals surface area contributed by atoms with E-state index < -0.39 is 5.67 Å². The van der Waals surface area contributed by atoms with Crippen LogP contribution in [0.15, 0.2) is 42.5 Å². The zero-order valence-electron chi connectivity index (χ0n) is 12.4. The van der Waals surface area contributed by atoms with Crippen LogP contribution in [0.3, 0.4) is 0 Å². The molecular formula is C18H15F2NO2. The predicted octanol–water partition coefficient (Wildman–Crippen LogP) is 3.18. The van der Waals surface area contributed by atoms with Gasteiger partial charge >= 0.3 is 0 Å². The molecule has 3 nitrogen and oxygen atoms in total. The lowest BCUT2D eigenvalue weighted by molar-refractivity contribution is -0.135. The molecule has 2 aromatic rings. The van der Waals surface area contributed by atoms with E-state index in [0.717, 1.165) is 5.56 Å². The van der Waals surface area contributed by atoms with Crippen LogP contribution < -0.4 is 0 Å². The summed E-state index contributed by atoms with van der Waals surface area (Å²) in [5.74, 6) is -0.456. The lowest BCUT2D eigenvalue weighted by atomic mass is 9.93. The summed E-state index contributed by atoms with van der Waals surface area (Å²) in [4.78, 5) is 14.2. The SMILES string of the molecule is O=C(c1ccc(C2(F)COC2)cc1)N1Cc2cccc(F)c2C1. The summed E-state index contributed by atoms with van der Waals surface area (Å²) in [6, 6.07) is 11.4. The number of fused-ring (bicyclic) bond motifs is 1. The highest BCUT2D eigenvalue weighted by Crippen LogP contribution is 2.34. The highest BCUT2D eigenvalue weighted by atomic mass is 19.1. The molecule has 0 unspecified atom stereocenters.